The van der Waals surface area contributed by atoms with Crippen LogP contribution in [0.2, 0.25) is 0 Å². The minimum absolute atomic E-state index is 0.379. The molecule has 0 unspecified atom stereocenters. The number of carbonyl (C=O) groups excluding carboxylic acids is 6. The topological polar surface area (TPSA) is 433 Å². The van der Waals surface area contributed by atoms with Crippen LogP contribution < -0.4 is 32.7 Å². The Labute approximate surface area is 322 Å². The first kappa shape index (κ1) is 46.0. The van der Waals surface area contributed by atoms with Crippen molar-refractivity contribution < 1.29 is 88.8 Å². The van der Waals surface area contributed by atoms with E-state index in [2.05, 4.69) is 10.6 Å². The Bertz CT molecular complexity index is 1850. The van der Waals surface area contributed by atoms with Crippen LogP contribution in [0, 0.1) is 0 Å². The highest BCUT2D eigenvalue weighted by Gasteiger charge is 2.41. The zero-order valence-electron chi connectivity index (χ0n) is 28.6. The number of carboxylic acid groups (broad SMARTS) is 4. The smallest absolute Gasteiger partial charge is 0.322 e. The molecule has 0 saturated heterocycles. The van der Waals surface area contributed by atoms with Crippen LogP contribution in [0.4, 0.5) is 0 Å². The first-order valence-electron chi connectivity index (χ1n) is 15.7. The van der Waals surface area contributed by atoms with Gasteiger partial charge in [-0.2, -0.15) is 0 Å². The highest BCUT2D eigenvalue weighted by molar-refractivity contribution is 8.02. The van der Waals surface area contributed by atoms with Gasteiger partial charge in [-0.15, -0.1) is 23.5 Å². The lowest BCUT2D eigenvalue weighted by Crippen LogP contribution is -2.49. The number of fused-ring (bicyclic) bond motifs is 1. The fourth-order valence-corrected chi connectivity index (χ4v) is 6.89. The first-order valence-corrected chi connectivity index (χ1v) is 17.7. The van der Waals surface area contributed by atoms with E-state index in [1.54, 1.807) is 0 Å². The van der Waals surface area contributed by atoms with Crippen molar-refractivity contribution in [2.24, 2.45) is 11.5 Å². The average molecular weight is 833 g/mol. The van der Waals surface area contributed by atoms with E-state index >= 15 is 0 Å². The lowest BCUT2D eigenvalue weighted by atomic mass is 9.91. The molecule has 306 valence electrons. The van der Waals surface area contributed by atoms with Crippen molar-refractivity contribution in [2.75, 3.05) is 24.6 Å². The number of ketones is 2. The number of aliphatic hydroxyl groups excluding tert-OH is 2. The third-order valence-electron chi connectivity index (χ3n) is 7.39. The number of nitrogens with two attached hydrogens (primary N) is 2. The molecule has 1 aliphatic carbocycles. The van der Waals surface area contributed by atoms with Gasteiger partial charge in [0.15, 0.2) is 5.76 Å². The number of aliphatic hydroxyl groups is 2. The van der Waals surface area contributed by atoms with Crippen molar-refractivity contribution >= 4 is 88.4 Å². The molecule has 0 bridgehead atoms. The second-order valence-electron chi connectivity index (χ2n) is 11.5. The number of nitrogens with one attached hydrogen (secondary N) is 4. The van der Waals surface area contributed by atoms with Crippen molar-refractivity contribution in [3.63, 3.8) is 0 Å². The van der Waals surface area contributed by atoms with E-state index in [4.69, 9.17) is 31.9 Å². The van der Waals surface area contributed by atoms with Gasteiger partial charge in [-0.1, -0.05) is 0 Å². The summed E-state index contributed by atoms with van der Waals surface area (Å²) in [6.45, 7) is -1.89. The van der Waals surface area contributed by atoms with Crippen LogP contribution in [0.25, 0.3) is 5.76 Å². The molecule has 56 heavy (non-hydrogen) atoms. The van der Waals surface area contributed by atoms with Gasteiger partial charge in [-0.25, -0.2) is 0 Å². The quantitative estimate of drug-likeness (QED) is 0.0307. The molecule has 26 heteroatoms. The Morgan fingerprint density at radius 1 is 0.571 bits per heavy atom. The summed E-state index contributed by atoms with van der Waals surface area (Å²) in [7, 11) is 0. The lowest BCUT2D eigenvalue weighted by molar-refractivity contribution is -0.140. The van der Waals surface area contributed by atoms with Crippen molar-refractivity contribution in [3.8, 4) is 11.5 Å². The van der Waals surface area contributed by atoms with Gasteiger partial charge in [0.2, 0.25) is 35.2 Å². The monoisotopic (exact) mass is 832 g/mol. The molecule has 0 aromatic heterocycles. The number of aromatic hydroxyl groups is 2. The maximum Gasteiger partial charge on any atom is 0.322 e. The van der Waals surface area contributed by atoms with Crippen LogP contribution >= 0.6 is 23.5 Å². The molecule has 0 saturated carbocycles. The van der Waals surface area contributed by atoms with Crippen LogP contribution in [0.15, 0.2) is 15.6 Å². The molecule has 4 atom stereocenters. The molecular weight excluding hydrogens is 796 g/mol. The summed E-state index contributed by atoms with van der Waals surface area (Å²) in [6.07, 6.45) is -1.88. The number of phenols is 2. The van der Waals surface area contributed by atoms with Gasteiger partial charge in [-0.05, 0) is 12.8 Å². The molecule has 1 aromatic rings. The largest absolute Gasteiger partial charge is 0.506 e. The molecule has 0 radical (unpaired) electrons. The Morgan fingerprint density at radius 3 is 1.30 bits per heavy atom. The van der Waals surface area contributed by atoms with E-state index in [1.165, 1.54) is 0 Å². The molecule has 24 nitrogen and oxygen atoms in total. The number of hydrogen-bond acceptors (Lipinski definition) is 18. The lowest BCUT2D eigenvalue weighted by Gasteiger charge is -2.24. The second kappa shape index (κ2) is 20.5. The van der Waals surface area contributed by atoms with Gasteiger partial charge >= 0.3 is 23.9 Å². The highest BCUT2D eigenvalue weighted by Crippen LogP contribution is 2.51. The SMILES string of the molecule is N[C@@H](CCC(=O)N[C@@H](CSc1c(O)c2c(c(O)c1SC[C@H](NC(=O)CC[C@H](N)C(=O)O)C(=O)NCC(=O)O)C(O)=C(O)C(=O)C2=O)C(=O)NCC(=O)O)C(=O)O. The van der Waals surface area contributed by atoms with E-state index in [-0.39, 0.29) is 0 Å². The number of aliphatic carboxylic acids is 4. The Kier molecular flexibility index (Phi) is 16.9. The summed E-state index contributed by atoms with van der Waals surface area (Å²) >= 11 is 0.769. The number of allylic oxidation sites excluding steroid dienone is 1. The van der Waals surface area contributed by atoms with Gasteiger partial charge in [-0.3, -0.25) is 47.9 Å². The zero-order chi connectivity index (χ0) is 42.6. The Balaban J connectivity index is 2.63. The molecule has 4 amide bonds. The third kappa shape index (κ3) is 12.5. The van der Waals surface area contributed by atoms with E-state index in [0.29, 0.717) is 23.5 Å². The van der Waals surface area contributed by atoms with Gasteiger partial charge in [0, 0.05) is 24.3 Å². The minimum Gasteiger partial charge on any atom is -0.506 e. The molecule has 0 heterocycles. The maximum absolute atomic E-state index is 13.0. The summed E-state index contributed by atoms with van der Waals surface area (Å²) < 4.78 is 0. The number of phenolic OH excluding ortho intramolecular Hbond substituents is 2. The zero-order valence-corrected chi connectivity index (χ0v) is 30.2. The number of rotatable bonds is 22. The summed E-state index contributed by atoms with van der Waals surface area (Å²) in [5, 5.41) is 87.8. The average Bonchev–Trinajstić information content (AvgIpc) is 3.13. The van der Waals surface area contributed by atoms with Crippen molar-refractivity contribution in [3.05, 3.63) is 16.9 Å². The fourth-order valence-electron chi connectivity index (χ4n) is 4.47. The Morgan fingerprint density at radius 2 is 0.946 bits per heavy atom. The minimum atomic E-state index is -1.71. The molecule has 0 spiro atoms. The van der Waals surface area contributed by atoms with Crippen molar-refractivity contribution in [1.82, 2.24) is 21.3 Å². The maximum atomic E-state index is 13.0. The molecule has 0 fully saturated rings. The van der Waals surface area contributed by atoms with Gasteiger partial charge in [0.25, 0.3) is 5.78 Å². The highest BCUT2D eigenvalue weighted by atomic mass is 32.2. The summed E-state index contributed by atoms with van der Waals surface area (Å²) in [4.78, 5) is 120. The van der Waals surface area contributed by atoms with E-state index in [1.807, 2.05) is 10.6 Å². The molecule has 0 aliphatic heterocycles. The normalized spacial score (nSPS) is 14.4. The van der Waals surface area contributed by atoms with Crippen LogP contribution in [0.1, 0.15) is 41.6 Å². The van der Waals surface area contributed by atoms with E-state index in [9.17, 15) is 68.4 Å². The van der Waals surface area contributed by atoms with Crippen molar-refractivity contribution in [1.29, 1.82) is 0 Å². The van der Waals surface area contributed by atoms with Gasteiger partial charge in [0.1, 0.15) is 48.8 Å². The molecule has 1 aromatic carbocycles. The van der Waals surface area contributed by atoms with Crippen LogP contribution in [0.5, 0.6) is 11.5 Å². The molecule has 2 rings (SSSR count). The number of carboxylic acids is 4. The molecule has 1 aliphatic rings. The number of thioether (sulfide) groups is 2. The predicted octanol–water partition coefficient (Wildman–Crippen LogP) is -3.41. The first-order chi connectivity index (χ1) is 26.1. The van der Waals surface area contributed by atoms with Crippen LogP contribution in [-0.2, 0) is 43.2 Å². The number of carbonyl (C=O) groups is 10. The number of hydrogen-bond donors (Lipinski definition) is 14. The predicted molar refractivity (Wildman–Crippen MR) is 188 cm³/mol. The Hall–Kier alpha value is -6.12. The standard InChI is InChI=1S/C30H36N6O18S2/c31-9(29(51)52)1-3-13(37)35-11(27(49)33-5-15(39)40)7-55-25-21(45)17-18(20(44)24(48)23(47)19(17)43)22(46)26(25)56-8-12(28(50)34-6-16(41)42)36-14(38)4-2-10(32)30(53)54/h9-12,43,45-47H,1-8,31-32H2,(H,33,49)(H,34,50)(H,35,37)(H,36,38)(H,39,40)(H,41,42)(H,51,52)(H,53,54)/t9-,10-,11-,12-/m0/s1. The van der Waals surface area contributed by atoms with Gasteiger partial charge < -0.3 is 73.6 Å². The van der Waals surface area contributed by atoms with E-state index < -0.39 is 177 Å². The number of Topliss-reactive ketones (excluding diaryl/α,β-unsaturated/α-hetero) is 2. The van der Waals surface area contributed by atoms with Crippen LogP contribution in [0.3, 0.4) is 0 Å². The third-order valence-corrected chi connectivity index (χ3v) is 9.89. The molecular formula is C30H36N6O18S2. The van der Waals surface area contributed by atoms with Crippen LogP contribution in [-0.4, -0.2) is 149 Å². The summed E-state index contributed by atoms with van der Waals surface area (Å²) in [5.41, 5.74) is 8.81. The summed E-state index contributed by atoms with van der Waals surface area (Å²) in [5.74, 6) is -19.9. The molecule has 16 N–H and O–H groups in total. The van der Waals surface area contributed by atoms with E-state index in [0.717, 1.165) is 0 Å². The fraction of sp³-hybridized carbons (Fsp3) is 0.400. The van der Waals surface area contributed by atoms with Gasteiger partial charge in [0.05, 0.1) is 20.9 Å². The number of amides is 4. The second-order valence-corrected chi connectivity index (χ2v) is 13.6. The summed E-state index contributed by atoms with van der Waals surface area (Å²) in [6, 6.07) is -6.35. The number of benzene rings is 1. The van der Waals surface area contributed by atoms with Crippen molar-refractivity contribution in [2.45, 2.75) is 59.6 Å².